The highest BCUT2D eigenvalue weighted by Gasteiger charge is 2.06. The molecule has 17 heavy (non-hydrogen) atoms. The highest BCUT2D eigenvalue weighted by molar-refractivity contribution is 5.87. The van der Waals surface area contributed by atoms with E-state index in [4.69, 9.17) is 4.74 Å². The van der Waals surface area contributed by atoms with Crippen LogP contribution in [0.3, 0.4) is 0 Å². The van der Waals surface area contributed by atoms with Gasteiger partial charge < -0.3 is 9.72 Å². The average molecular weight is 223 g/mol. The minimum Gasteiger partial charge on any atom is -0.494 e. The summed E-state index contributed by atoms with van der Waals surface area (Å²) in [5, 5.41) is 2.49. The first kappa shape index (κ1) is 9.97. The van der Waals surface area contributed by atoms with Crippen molar-refractivity contribution in [2.75, 3.05) is 7.11 Å². The maximum atomic E-state index is 5.32. The van der Waals surface area contributed by atoms with Crippen molar-refractivity contribution in [1.29, 1.82) is 0 Å². The van der Waals surface area contributed by atoms with E-state index in [0.29, 0.717) is 0 Å². The Morgan fingerprint density at radius 2 is 1.76 bits per heavy atom. The quantitative estimate of drug-likeness (QED) is 0.701. The lowest BCUT2D eigenvalue weighted by Crippen LogP contribution is -1.85. The summed E-state index contributed by atoms with van der Waals surface area (Å²) in [6.45, 7) is 0. The number of benzene rings is 2. The summed E-state index contributed by atoms with van der Waals surface area (Å²) >= 11 is 0. The van der Waals surface area contributed by atoms with Crippen LogP contribution in [0, 0.1) is 0 Å². The van der Waals surface area contributed by atoms with Crippen molar-refractivity contribution in [3.63, 3.8) is 0 Å². The SMILES string of the molecule is COc1cc[nH]c1-c1ccc2ccccc2c1. The summed E-state index contributed by atoms with van der Waals surface area (Å²) in [6.07, 6.45) is 1.89. The molecular formula is C15H13NO. The van der Waals surface area contributed by atoms with Crippen LogP contribution in [-0.2, 0) is 0 Å². The standard InChI is InChI=1S/C15H13NO/c1-17-14-8-9-16-15(14)13-7-6-11-4-2-3-5-12(11)10-13/h2-10,16H,1H3. The third-order valence-corrected chi connectivity index (χ3v) is 2.97. The Hall–Kier alpha value is -2.22. The first-order valence-electron chi connectivity index (χ1n) is 5.59. The molecule has 0 bridgehead atoms. The van der Waals surface area contributed by atoms with Crippen LogP contribution in [0.5, 0.6) is 5.75 Å². The summed E-state index contributed by atoms with van der Waals surface area (Å²) in [5.41, 5.74) is 2.17. The molecule has 2 heteroatoms. The van der Waals surface area contributed by atoms with Crippen molar-refractivity contribution < 1.29 is 4.74 Å². The van der Waals surface area contributed by atoms with Gasteiger partial charge in [0.15, 0.2) is 0 Å². The van der Waals surface area contributed by atoms with E-state index < -0.39 is 0 Å². The lowest BCUT2D eigenvalue weighted by Gasteiger charge is -2.05. The van der Waals surface area contributed by atoms with E-state index in [0.717, 1.165) is 17.0 Å². The summed E-state index contributed by atoms with van der Waals surface area (Å²) in [5.74, 6) is 0.875. The van der Waals surface area contributed by atoms with Crippen molar-refractivity contribution in [2.45, 2.75) is 0 Å². The summed E-state index contributed by atoms with van der Waals surface area (Å²) < 4.78 is 5.32. The Morgan fingerprint density at radius 1 is 0.941 bits per heavy atom. The van der Waals surface area contributed by atoms with E-state index in [2.05, 4.69) is 47.4 Å². The number of methoxy groups -OCH3 is 1. The molecule has 0 unspecified atom stereocenters. The Kier molecular flexibility index (Phi) is 2.33. The van der Waals surface area contributed by atoms with Gasteiger partial charge in [0.25, 0.3) is 0 Å². The second-order valence-electron chi connectivity index (χ2n) is 3.98. The van der Waals surface area contributed by atoms with Gasteiger partial charge in [0.2, 0.25) is 0 Å². The fourth-order valence-corrected chi connectivity index (χ4v) is 2.10. The molecule has 0 aliphatic rings. The van der Waals surface area contributed by atoms with Crippen molar-refractivity contribution in [3.8, 4) is 17.0 Å². The number of H-pyrrole nitrogens is 1. The van der Waals surface area contributed by atoms with E-state index >= 15 is 0 Å². The minimum absolute atomic E-state index is 0.875. The lowest BCUT2D eigenvalue weighted by molar-refractivity contribution is 0.417. The molecule has 3 rings (SSSR count). The minimum atomic E-state index is 0.875. The molecule has 2 aromatic carbocycles. The second kappa shape index (κ2) is 3.98. The van der Waals surface area contributed by atoms with E-state index in [-0.39, 0.29) is 0 Å². The molecule has 0 aliphatic carbocycles. The molecule has 2 nitrogen and oxygen atoms in total. The van der Waals surface area contributed by atoms with Gasteiger partial charge in [0.1, 0.15) is 5.75 Å². The van der Waals surface area contributed by atoms with E-state index in [1.54, 1.807) is 7.11 Å². The second-order valence-corrected chi connectivity index (χ2v) is 3.98. The Morgan fingerprint density at radius 3 is 2.59 bits per heavy atom. The molecule has 3 aromatic rings. The van der Waals surface area contributed by atoms with E-state index in [1.165, 1.54) is 10.8 Å². The number of rotatable bonds is 2. The monoisotopic (exact) mass is 223 g/mol. The molecule has 0 atom stereocenters. The molecule has 1 aromatic heterocycles. The number of fused-ring (bicyclic) bond motifs is 1. The topological polar surface area (TPSA) is 25.0 Å². The van der Waals surface area contributed by atoms with Gasteiger partial charge in [-0.3, -0.25) is 0 Å². The zero-order chi connectivity index (χ0) is 11.7. The van der Waals surface area contributed by atoms with Crippen LogP contribution in [0.1, 0.15) is 0 Å². The summed E-state index contributed by atoms with van der Waals surface area (Å²) in [4.78, 5) is 3.21. The molecule has 1 heterocycles. The van der Waals surface area contributed by atoms with Gasteiger partial charge in [-0.2, -0.15) is 0 Å². The van der Waals surface area contributed by atoms with Crippen molar-refractivity contribution in [1.82, 2.24) is 4.98 Å². The van der Waals surface area contributed by atoms with Gasteiger partial charge in [0, 0.05) is 11.8 Å². The Bertz CT molecular complexity index is 655. The van der Waals surface area contributed by atoms with Crippen LogP contribution in [0.2, 0.25) is 0 Å². The largest absolute Gasteiger partial charge is 0.494 e. The first-order chi connectivity index (χ1) is 8.38. The highest BCUT2D eigenvalue weighted by Crippen LogP contribution is 2.30. The molecule has 0 saturated heterocycles. The Labute approximate surface area is 99.9 Å². The van der Waals surface area contributed by atoms with Crippen LogP contribution in [-0.4, -0.2) is 12.1 Å². The van der Waals surface area contributed by atoms with Gasteiger partial charge >= 0.3 is 0 Å². The molecule has 0 radical (unpaired) electrons. The van der Waals surface area contributed by atoms with Crippen LogP contribution >= 0.6 is 0 Å². The van der Waals surface area contributed by atoms with Gasteiger partial charge in [-0.05, 0) is 22.9 Å². The molecule has 0 amide bonds. The number of aromatic nitrogens is 1. The van der Waals surface area contributed by atoms with Gasteiger partial charge in [0.05, 0.1) is 12.8 Å². The third-order valence-electron chi connectivity index (χ3n) is 2.97. The van der Waals surface area contributed by atoms with Gasteiger partial charge in [-0.1, -0.05) is 36.4 Å². The molecule has 0 fully saturated rings. The zero-order valence-corrected chi connectivity index (χ0v) is 9.60. The Balaban J connectivity index is 2.18. The predicted molar refractivity (Wildman–Crippen MR) is 70.3 cm³/mol. The van der Waals surface area contributed by atoms with Crippen molar-refractivity contribution in [3.05, 3.63) is 54.7 Å². The van der Waals surface area contributed by atoms with Crippen LogP contribution in [0.4, 0.5) is 0 Å². The molecule has 0 spiro atoms. The highest BCUT2D eigenvalue weighted by atomic mass is 16.5. The normalized spacial score (nSPS) is 10.6. The van der Waals surface area contributed by atoms with E-state index in [1.807, 2.05) is 12.3 Å². The van der Waals surface area contributed by atoms with Crippen LogP contribution in [0.15, 0.2) is 54.7 Å². The molecule has 0 aliphatic heterocycles. The zero-order valence-electron chi connectivity index (χ0n) is 9.60. The van der Waals surface area contributed by atoms with E-state index in [9.17, 15) is 0 Å². The average Bonchev–Trinajstić information content (AvgIpc) is 2.86. The van der Waals surface area contributed by atoms with Gasteiger partial charge in [-0.25, -0.2) is 0 Å². The third kappa shape index (κ3) is 1.68. The maximum absolute atomic E-state index is 5.32. The fourth-order valence-electron chi connectivity index (χ4n) is 2.10. The summed E-state index contributed by atoms with van der Waals surface area (Å²) in [7, 11) is 1.69. The lowest BCUT2D eigenvalue weighted by atomic mass is 10.1. The van der Waals surface area contributed by atoms with Crippen molar-refractivity contribution in [2.24, 2.45) is 0 Å². The molecule has 0 saturated carbocycles. The number of hydrogen-bond donors (Lipinski definition) is 1. The van der Waals surface area contributed by atoms with Crippen molar-refractivity contribution >= 4 is 10.8 Å². The molecule has 84 valence electrons. The first-order valence-corrected chi connectivity index (χ1v) is 5.59. The number of aromatic amines is 1. The number of ether oxygens (including phenoxy) is 1. The van der Waals surface area contributed by atoms with Gasteiger partial charge in [-0.15, -0.1) is 0 Å². The predicted octanol–water partition coefficient (Wildman–Crippen LogP) is 3.84. The number of nitrogens with one attached hydrogen (secondary N) is 1. The molecule has 1 N–H and O–H groups in total. The van der Waals surface area contributed by atoms with Crippen LogP contribution in [0.25, 0.3) is 22.0 Å². The smallest absolute Gasteiger partial charge is 0.144 e. The molecular weight excluding hydrogens is 210 g/mol. The fraction of sp³-hybridized carbons (Fsp3) is 0.0667. The summed E-state index contributed by atoms with van der Waals surface area (Å²) in [6, 6.07) is 16.7. The maximum Gasteiger partial charge on any atom is 0.144 e. The number of hydrogen-bond acceptors (Lipinski definition) is 1. The van der Waals surface area contributed by atoms with Crippen LogP contribution < -0.4 is 4.74 Å².